The second kappa shape index (κ2) is 6.53. The van der Waals surface area contributed by atoms with E-state index in [1.54, 1.807) is 0 Å². The Morgan fingerprint density at radius 3 is 1.28 bits per heavy atom. The number of nitrogens with zero attached hydrogens (tertiary/aromatic N) is 4. The van der Waals surface area contributed by atoms with Gasteiger partial charge in [0.1, 0.15) is 0 Å². The van der Waals surface area contributed by atoms with Crippen molar-refractivity contribution < 1.29 is 0 Å². The van der Waals surface area contributed by atoms with Gasteiger partial charge in [-0.25, -0.2) is 0 Å². The molecule has 4 aromatic heterocycles. The van der Waals surface area contributed by atoms with E-state index in [9.17, 15) is 0 Å². The van der Waals surface area contributed by atoms with Crippen LogP contribution in [0.5, 0.6) is 0 Å². The molecule has 0 saturated carbocycles. The molecule has 32 heavy (non-hydrogen) atoms. The van der Waals surface area contributed by atoms with Crippen LogP contribution in [0, 0.1) is 0 Å². The van der Waals surface area contributed by atoms with Gasteiger partial charge in [-0.1, -0.05) is 48.5 Å². The first kappa shape index (κ1) is 17.3. The van der Waals surface area contributed by atoms with Gasteiger partial charge in [0, 0.05) is 47.0 Å². The van der Waals surface area contributed by atoms with E-state index >= 15 is 0 Å². The third-order valence-corrected chi connectivity index (χ3v) is 6.22. The molecule has 0 bridgehead atoms. The normalized spacial score (nSPS) is 11.8. The third kappa shape index (κ3) is 2.32. The van der Waals surface area contributed by atoms with Crippen LogP contribution < -0.4 is 0 Å². The Balaban J connectivity index is 1.75. The van der Waals surface area contributed by atoms with Crippen molar-refractivity contribution in [3.63, 3.8) is 0 Å². The predicted molar refractivity (Wildman–Crippen MR) is 128 cm³/mol. The lowest BCUT2D eigenvalue weighted by molar-refractivity contribution is 1.32. The second-order valence-corrected chi connectivity index (χ2v) is 7.93. The Bertz CT molecular complexity index is 1560. The molecule has 1 aliphatic rings. The van der Waals surface area contributed by atoms with Gasteiger partial charge < -0.3 is 0 Å². The molecule has 0 fully saturated rings. The number of benzene rings is 2. The van der Waals surface area contributed by atoms with Crippen molar-refractivity contribution >= 4 is 22.1 Å². The summed E-state index contributed by atoms with van der Waals surface area (Å²) in [6.07, 6.45) is 7.64. The number of aromatic nitrogens is 4. The van der Waals surface area contributed by atoms with Gasteiger partial charge in [-0.3, -0.25) is 19.9 Å². The van der Waals surface area contributed by atoms with E-state index in [1.165, 1.54) is 0 Å². The standard InChI is InChI=1S/C28H16N4/c1-3-9-19-17(7-1)21-15-31-24-12-6-14-30-28(24)26(21)20-10-4-2-8-18(20)22-16-32-23-11-5-13-29-27(23)25(19)22/h1-16H. The van der Waals surface area contributed by atoms with Gasteiger partial charge in [-0.2, -0.15) is 0 Å². The third-order valence-electron chi connectivity index (χ3n) is 6.22. The first-order valence-corrected chi connectivity index (χ1v) is 10.6. The van der Waals surface area contributed by atoms with Crippen molar-refractivity contribution in [1.82, 2.24) is 19.9 Å². The van der Waals surface area contributed by atoms with Crippen molar-refractivity contribution in [2.45, 2.75) is 0 Å². The second-order valence-electron chi connectivity index (χ2n) is 7.93. The lowest BCUT2D eigenvalue weighted by Gasteiger charge is -2.23. The summed E-state index contributed by atoms with van der Waals surface area (Å²) in [6, 6.07) is 24.9. The summed E-state index contributed by atoms with van der Waals surface area (Å²) in [5.41, 5.74) is 12.4. The van der Waals surface area contributed by atoms with Crippen LogP contribution in [0.25, 0.3) is 66.6 Å². The molecule has 1 aliphatic carbocycles. The minimum Gasteiger partial charge on any atom is -0.254 e. The maximum Gasteiger partial charge on any atom is 0.0971 e. The SMILES string of the molecule is c1ccc2c(c1)-c1cnc3cccnc3c1-c1ccccc1-c1cnc3cccnc3c1-2. The molecule has 0 saturated heterocycles. The van der Waals surface area contributed by atoms with Gasteiger partial charge in [0.15, 0.2) is 0 Å². The molecule has 0 spiro atoms. The number of pyridine rings is 4. The molecule has 0 radical (unpaired) electrons. The van der Waals surface area contributed by atoms with Gasteiger partial charge in [-0.05, 0) is 46.5 Å². The van der Waals surface area contributed by atoms with E-state index in [0.717, 1.165) is 66.6 Å². The molecular weight excluding hydrogens is 392 g/mol. The van der Waals surface area contributed by atoms with Gasteiger partial charge in [0.25, 0.3) is 0 Å². The monoisotopic (exact) mass is 408 g/mol. The first-order valence-electron chi connectivity index (χ1n) is 10.6. The molecule has 0 aliphatic heterocycles. The molecule has 0 amide bonds. The molecule has 148 valence electrons. The van der Waals surface area contributed by atoms with Crippen LogP contribution in [0.2, 0.25) is 0 Å². The summed E-state index contributed by atoms with van der Waals surface area (Å²) in [7, 11) is 0. The van der Waals surface area contributed by atoms with Gasteiger partial charge in [0.2, 0.25) is 0 Å². The average molecular weight is 408 g/mol. The van der Waals surface area contributed by atoms with Gasteiger partial charge in [-0.15, -0.1) is 0 Å². The van der Waals surface area contributed by atoms with Crippen LogP contribution in [0.4, 0.5) is 0 Å². The van der Waals surface area contributed by atoms with Crippen LogP contribution in [0.1, 0.15) is 0 Å². The largest absolute Gasteiger partial charge is 0.254 e. The summed E-state index contributed by atoms with van der Waals surface area (Å²) in [4.78, 5) is 19.0. The molecule has 2 aromatic carbocycles. The highest BCUT2D eigenvalue weighted by Gasteiger charge is 2.25. The summed E-state index contributed by atoms with van der Waals surface area (Å²) >= 11 is 0. The van der Waals surface area contributed by atoms with Gasteiger partial charge >= 0.3 is 0 Å². The maximum absolute atomic E-state index is 4.77. The van der Waals surface area contributed by atoms with Crippen molar-refractivity contribution in [2.75, 3.05) is 0 Å². The predicted octanol–water partition coefficient (Wildman–Crippen LogP) is 6.55. The molecule has 0 atom stereocenters. The van der Waals surface area contributed by atoms with E-state index in [1.807, 2.05) is 49.1 Å². The summed E-state index contributed by atoms with van der Waals surface area (Å²) in [5.74, 6) is 0. The molecule has 0 unspecified atom stereocenters. The van der Waals surface area contributed by atoms with Crippen LogP contribution in [0.3, 0.4) is 0 Å². The Hall–Kier alpha value is -4.44. The highest BCUT2D eigenvalue weighted by Crippen LogP contribution is 2.49. The fraction of sp³-hybridized carbons (Fsp3) is 0. The Labute approximate surface area is 184 Å². The Kier molecular flexibility index (Phi) is 3.52. The molecule has 6 aromatic rings. The lowest BCUT2D eigenvalue weighted by atomic mass is 9.81. The van der Waals surface area contributed by atoms with E-state index in [-0.39, 0.29) is 0 Å². The molecule has 4 heteroatoms. The van der Waals surface area contributed by atoms with E-state index in [0.29, 0.717) is 0 Å². The van der Waals surface area contributed by atoms with Crippen molar-refractivity contribution in [2.24, 2.45) is 0 Å². The quantitative estimate of drug-likeness (QED) is 0.285. The molecule has 4 heterocycles. The minimum atomic E-state index is 0.887. The van der Waals surface area contributed by atoms with Crippen molar-refractivity contribution in [3.05, 3.63) is 97.6 Å². The smallest absolute Gasteiger partial charge is 0.0971 e. The molecule has 0 N–H and O–H groups in total. The molecule has 4 nitrogen and oxygen atoms in total. The average Bonchev–Trinajstić information content (AvgIpc) is 2.86. The fourth-order valence-corrected chi connectivity index (χ4v) is 4.87. The number of hydrogen-bond acceptors (Lipinski definition) is 4. The van der Waals surface area contributed by atoms with Gasteiger partial charge in [0.05, 0.1) is 22.1 Å². The van der Waals surface area contributed by atoms with Crippen LogP contribution in [-0.4, -0.2) is 19.9 Å². The number of rotatable bonds is 0. The van der Waals surface area contributed by atoms with Crippen LogP contribution in [-0.2, 0) is 0 Å². The zero-order valence-corrected chi connectivity index (χ0v) is 17.0. The van der Waals surface area contributed by atoms with E-state index < -0.39 is 0 Å². The van der Waals surface area contributed by atoms with E-state index in [4.69, 9.17) is 19.9 Å². The topological polar surface area (TPSA) is 51.6 Å². The highest BCUT2D eigenvalue weighted by molar-refractivity contribution is 6.12. The van der Waals surface area contributed by atoms with Crippen LogP contribution >= 0.6 is 0 Å². The Morgan fingerprint density at radius 1 is 0.375 bits per heavy atom. The molecule has 7 rings (SSSR count). The zero-order valence-electron chi connectivity index (χ0n) is 17.0. The first-order chi connectivity index (χ1) is 15.9. The molecular formula is C28H16N4. The van der Waals surface area contributed by atoms with Crippen molar-refractivity contribution in [3.8, 4) is 44.5 Å². The summed E-state index contributed by atoms with van der Waals surface area (Å²) < 4.78 is 0. The van der Waals surface area contributed by atoms with E-state index in [2.05, 4.69) is 48.5 Å². The summed E-state index contributed by atoms with van der Waals surface area (Å²) in [6.45, 7) is 0. The summed E-state index contributed by atoms with van der Waals surface area (Å²) in [5, 5.41) is 0. The number of fused-ring (bicyclic) bond motifs is 12. The zero-order chi connectivity index (χ0) is 21.1. The maximum atomic E-state index is 4.77. The lowest BCUT2D eigenvalue weighted by Crippen LogP contribution is -2.01. The Morgan fingerprint density at radius 2 is 0.812 bits per heavy atom. The van der Waals surface area contributed by atoms with Crippen LogP contribution in [0.15, 0.2) is 97.6 Å². The minimum absolute atomic E-state index is 0.887. The fourth-order valence-electron chi connectivity index (χ4n) is 4.87. The highest BCUT2D eigenvalue weighted by atomic mass is 14.8. The number of hydrogen-bond donors (Lipinski definition) is 0. The van der Waals surface area contributed by atoms with Crippen molar-refractivity contribution in [1.29, 1.82) is 0 Å².